The fourth-order valence-electron chi connectivity index (χ4n) is 3.39. The van der Waals surface area contributed by atoms with E-state index in [9.17, 15) is 22.8 Å². The second-order valence-electron chi connectivity index (χ2n) is 6.99. The van der Waals surface area contributed by atoms with E-state index < -0.39 is 27.4 Å². The van der Waals surface area contributed by atoms with Crippen LogP contribution in [0.15, 0.2) is 58.2 Å². The molecular weight excluding hydrogens is 422 g/mol. The Morgan fingerprint density at radius 3 is 2.19 bits per heavy atom. The van der Waals surface area contributed by atoms with E-state index in [2.05, 4.69) is 21.0 Å². The molecule has 3 N–H and O–H groups in total. The third-order valence-electron chi connectivity index (χ3n) is 5.02. The van der Waals surface area contributed by atoms with Crippen LogP contribution in [0.2, 0.25) is 0 Å². The number of fused-ring (bicyclic) bond motifs is 1. The molecule has 0 atom stereocenters. The molecule has 4 rings (SSSR count). The molecule has 1 aromatic heterocycles. The molecule has 11 heteroatoms. The van der Waals surface area contributed by atoms with Crippen molar-refractivity contribution in [3.05, 3.63) is 70.1 Å². The van der Waals surface area contributed by atoms with Crippen molar-refractivity contribution in [1.29, 1.82) is 0 Å². The number of carbonyl (C=O) groups is 2. The van der Waals surface area contributed by atoms with E-state index in [1.54, 1.807) is 24.3 Å². The number of benzene rings is 2. The van der Waals surface area contributed by atoms with Gasteiger partial charge in [-0.2, -0.15) is 9.40 Å². The van der Waals surface area contributed by atoms with Crippen molar-refractivity contribution in [3.63, 3.8) is 0 Å². The molecule has 2 heterocycles. The zero-order valence-corrected chi connectivity index (χ0v) is 17.1. The summed E-state index contributed by atoms with van der Waals surface area (Å²) in [7, 11) is -3.57. The summed E-state index contributed by atoms with van der Waals surface area (Å²) in [4.78, 5) is 36.7. The lowest BCUT2D eigenvalue weighted by Crippen LogP contribution is -2.42. The van der Waals surface area contributed by atoms with E-state index in [0.717, 1.165) is 12.8 Å². The van der Waals surface area contributed by atoms with Crippen molar-refractivity contribution in [2.45, 2.75) is 17.7 Å². The molecule has 0 aliphatic carbocycles. The van der Waals surface area contributed by atoms with Crippen LogP contribution in [0.3, 0.4) is 0 Å². The average Bonchev–Trinajstić information content (AvgIpc) is 3.34. The van der Waals surface area contributed by atoms with Gasteiger partial charge in [-0.25, -0.2) is 13.5 Å². The standard InChI is InChI=1S/C20H19N5O5S/c26-18(13-7-9-14(10-8-13)31(29,30)25-11-3-4-12-25)22-24-20(28)17-15-5-1-2-6-16(15)19(27)23-21-17/h1-2,5-10H,3-4,11-12H2,(H,22,26)(H,23,27)(H,24,28). The topological polar surface area (TPSA) is 141 Å². The Balaban J connectivity index is 1.45. The molecule has 1 aliphatic rings. The summed E-state index contributed by atoms with van der Waals surface area (Å²) in [5.41, 5.74) is 4.19. The summed E-state index contributed by atoms with van der Waals surface area (Å²) in [6.07, 6.45) is 1.66. The molecule has 2 aromatic carbocycles. The summed E-state index contributed by atoms with van der Waals surface area (Å²) in [5.74, 6) is -1.35. The van der Waals surface area contributed by atoms with E-state index in [1.807, 2.05) is 0 Å². The number of nitrogens with one attached hydrogen (secondary N) is 3. The molecule has 0 bridgehead atoms. The van der Waals surface area contributed by atoms with Gasteiger partial charge >= 0.3 is 0 Å². The first-order chi connectivity index (χ1) is 14.9. The Morgan fingerprint density at radius 1 is 0.903 bits per heavy atom. The average molecular weight is 441 g/mol. The van der Waals surface area contributed by atoms with Gasteiger partial charge in [0.05, 0.1) is 10.3 Å². The highest BCUT2D eigenvalue weighted by molar-refractivity contribution is 7.89. The summed E-state index contributed by atoms with van der Waals surface area (Å²) in [6.45, 7) is 0.980. The number of hydrogen-bond donors (Lipinski definition) is 3. The minimum absolute atomic E-state index is 0.0532. The highest BCUT2D eigenvalue weighted by Crippen LogP contribution is 2.21. The number of aromatic nitrogens is 2. The summed E-state index contributed by atoms with van der Waals surface area (Å²) >= 11 is 0. The number of nitrogens with zero attached hydrogens (tertiary/aromatic N) is 2. The van der Waals surface area contributed by atoms with Gasteiger partial charge in [-0.05, 0) is 43.2 Å². The molecule has 0 radical (unpaired) electrons. The first kappa shape index (κ1) is 20.7. The maximum Gasteiger partial charge on any atom is 0.290 e. The molecule has 1 saturated heterocycles. The Morgan fingerprint density at radius 2 is 1.52 bits per heavy atom. The second-order valence-corrected chi connectivity index (χ2v) is 8.93. The summed E-state index contributed by atoms with van der Waals surface area (Å²) < 4.78 is 26.5. The van der Waals surface area contributed by atoms with Crippen molar-refractivity contribution in [1.82, 2.24) is 25.4 Å². The van der Waals surface area contributed by atoms with Gasteiger partial charge in [0.25, 0.3) is 17.4 Å². The fraction of sp³-hybridized carbons (Fsp3) is 0.200. The van der Waals surface area contributed by atoms with E-state index >= 15 is 0 Å². The third kappa shape index (κ3) is 4.05. The van der Waals surface area contributed by atoms with Gasteiger partial charge in [-0.3, -0.25) is 25.2 Å². The molecule has 1 aliphatic heterocycles. The predicted octanol–water partition coefficient (Wildman–Crippen LogP) is 0.782. The largest absolute Gasteiger partial charge is 0.290 e. The Kier molecular flexibility index (Phi) is 5.53. The number of hydrogen-bond acceptors (Lipinski definition) is 6. The Bertz CT molecular complexity index is 1310. The number of sulfonamides is 1. The normalized spacial score (nSPS) is 14.5. The second kappa shape index (κ2) is 8.28. The predicted molar refractivity (Wildman–Crippen MR) is 112 cm³/mol. The van der Waals surface area contributed by atoms with Crippen molar-refractivity contribution >= 4 is 32.6 Å². The monoisotopic (exact) mass is 441 g/mol. The van der Waals surface area contributed by atoms with E-state index in [-0.39, 0.29) is 16.2 Å². The minimum atomic E-state index is -3.57. The highest BCUT2D eigenvalue weighted by atomic mass is 32.2. The lowest BCUT2D eigenvalue weighted by Gasteiger charge is -2.15. The van der Waals surface area contributed by atoms with E-state index in [4.69, 9.17) is 0 Å². The maximum absolute atomic E-state index is 12.6. The van der Waals surface area contributed by atoms with Crippen molar-refractivity contribution in [2.75, 3.05) is 13.1 Å². The molecule has 2 amide bonds. The molecule has 0 saturated carbocycles. The van der Waals surface area contributed by atoms with Gasteiger partial charge in [0, 0.05) is 24.0 Å². The lowest BCUT2D eigenvalue weighted by atomic mass is 10.1. The third-order valence-corrected chi connectivity index (χ3v) is 6.93. The molecule has 10 nitrogen and oxygen atoms in total. The molecule has 1 fully saturated rings. The van der Waals surface area contributed by atoms with Gasteiger partial charge in [0.15, 0.2) is 5.69 Å². The van der Waals surface area contributed by atoms with Crippen molar-refractivity contribution < 1.29 is 18.0 Å². The van der Waals surface area contributed by atoms with Gasteiger partial charge < -0.3 is 0 Å². The molecule has 0 spiro atoms. The summed E-state index contributed by atoms with van der Waals surface area (Å²) in [5, 5.41) is 6.65. The maximum atomic E-state index is 12.6. The quantitative estimate of drug-likeness (QED) is 0.511. The van der Waals surface area contributed by atoms with Crippen LogP contribution < -0.4 is 16.4 Å². The number of rotatable bonds is 4. The lowest BCUT2D eigenvalue weighted by molar-refractivity contribution is 0.0844. The molecule has 31 heavy (non-hydrogen) atoms. The van der Waals surface area contributed by atoms with Crippen LogP contribution in [-0.2, 0) is 10.0 Å². The zero-order chi connectivity index (χ0) is 22.0. The number of carbonyl (C=O) groups excluding carboxylic acids is 2. The Hall–Kier alpha value is -3.57. The van der Waals surface area contributed by atoms with Gasteiger partial charge in [-0.1, -0.05) is 18.2 Å². The van der Waals surface area contributed by atoms with Gasteiger partial charge in [0.1, 0.15) is 0 Å². The molecular formula is C20H19N5O5S. The number of H-pyrrole nitrogens is 1. The minimum Gasteiger partial charge on any atom is -0.267 e. The van der Waals surface area contributed by atoms with Crippen LogP contribution in [-0.4, -0.2) is 47.8 Å². The van der Waals surface area contributed by atoms with E-state index in [0.29, 0.717) is 23.9 Å². The SMILES string of the molecule is O=C(NNC(=O)c1n[nH]c(=O)c2ccccc12)c1ccc(S(=O)(=O)N2CCCC2)cc1. The molecule has 0 unspecified atom stereocenters. The van der Waals surface area contributed by atoms with Crippen LogP contribution in [0.25, 0.3) is 10.8 Å². The van der Waals surface area contributed by atoms with Gasteiger partial charge in [-0.15, -0.1) is 0 Å². The van der Waals surface area contributed by atoms with E-state index in [1.165, 1.54) is 28.6 Å². The van der Waals surface area contributed by atoms with Crippen molar-refractivity contribution in [3.8, 4) is 0 Å². The first-order valence-electron chi connectivity index (χ1n) is 9.56. The number of amides is 2. The molecule has 160 valence electrons. The van der Waals surface area contributed by atoms with Crippen LogP contribution >= 0.6 is 0 Å². The smallest absolute Gasteiger partial charge is 0.267 e. The van der Waals surface area contributed by atoms with Crippen LogP contribution in [0, 0.1) is 0 Å². The Labute approximate surface area is 177 Å². The number of aromatic amines is 1. The first-order valence-corrected chi connectivity index (χ1v) is 11.0. The fourth-order valence-corrected chi connectivity index (χ4v) is 4.91. The van der Waals surface area contributed by atoms with Crippen molar-refractivity contribution in [2.24, 2.45) is 0 Å². The van der Waals surface area contributed by atoms with Crippen LogP contribution in [0.5, 0.6) is 0 Å². The summed E-state index contributed by atoms with van der Waals surface area (Å²) in [6, 6.07) is 11.9. The van der Waals surface area contributed by atoms with Crippen LogP contribution in [0.1, 0.15) is 33.7 Å². The number of hydrazine groups is 1. The van der Waals surface area contributed by atoms with Gasteiger partial charge in [0.2, 0.25) is 10.0 Å². The highest BCUT2D eigenvalue weighted by Gasteiger charge is 2.27. The molecule has 3 aromatic rings. The van der Waals surface area contributed by atoms with Crippen LogP contribution in [0.4, 0.5) is 0 Å². The zero-order valence-electron chi connectivity index (χ0n) is 16.3.